The molecule has 0 unspecified atom stereocenters. The average Bonchev–Trinajstić information content (AvgIpc) is 3.22. The highest BCUT2D eigenvalue weighted by Gasteiger charge is 2.21. The molecular weight excluding hydrogens is 442 g/mol. The van der Waals surface area contributed by atoms with E-state index >= 15 is 0 Å². The molecular formula is C23H29N5O2S2. The lowest BCUT2D eigenvalue weighted by atomic mass is 10.1. The van der Waals surface area contributed by atoms with Crippen molar-refractivity contribution in [1.29, 1.82) is 0 Å². The van der Waals surface area contributed by atoms with E-state index in [1.165, 1.54) is 35.1 Å². The zero-order valence-electron chi connectivity index (χ0n) is 18.8. The Balaban J connectivity index is 1.50. The zero-order chi connectivity index (χ0) is 22.7. The first-order chi connectivity index (χ1) is 15.4. The molecule has 7 nitrogen and oxygen atoms in total. The number of carbonyl (C=O) groups excluding carboxylic acids is 1. The predicted molar refractivity (Wildman–Crippen MR) is 132 cm³/mol. The number of thioether (sulfide) groups is 1. The maximum atomic E-state index is 13.2. The Labute approximate surface area is 196 Å². The number of fused-ring (bicyclic) bond motifs is 1. The summed E-state index contributed by atoms with van der Waals surface area (Å²) >= 11 is 2.72. The predicted octanol–water partition coefficient (Wildman–Crippen LogP) is 4.14. The second-order valence-corrected chi connectivity index (χ2v) is 10.3. The number of nitrogens with one attached hydrogen (secondary N) is 1. The molecule has 3 aromatic rings. The van der Waals surface area contributed by atoms with Crippen molar-refractivity contribution in [2.24, 2.45) is 0 Å². The molecule has 0 spiro atoms. The number of nitrogens with zero attached hydrogens (tertiary/aromatic N) is 4. The van der Waals surface area contributed by atoms with E-state index in [1.807, 2.05) is 45.0 Å². The van der Waals surface area contributed by atoms with Crippen molar-refractivity contribution in [1.82, 2.24) is 19.9 Å². The molecule has 0 atom stereocenters. The maximum absolute atomic E-state index is 13.2. The van der Waals surface area contributed by atoms with Crippen LogP contribution in [0, 0.1) is 6.92 Å². The lowest BCUT2D eigenvalue weighted by Gasteiger charge is -2.25. The highest BCUT2D eigenvalue weighted by molar-refractivity contribution is 7.99. The second kappa shape index (κ2) is 10.0. The Morgan fingerprint density at radius 3 is 2.56 bits per heavy atom. The van der Waals surface area contributed by atoms with E-state index < -0.39 is 0 Å². The number of benzene rings is 1. The van der Waals surface area contributed by atoms with Gasteiger partial charge in [0, 0.05) is 25.7 Å². The number of hydrogen-bond donors (Lipinski definition) is 1. The first-order valence-corrected chi connectivity index (χ1v) is 12.9. The van der Waals surface area contributed by atoms with Crippen LogP contribution in [0.5, 0.6) is 0 Å². The van der Waals surface area contributed by atoms with Gasteiger partial charge in [-0.05, 0) is 45.6 Å². The van der Waals surface area contributed by atoms with E-state index in [2.05, 4.69) is 15.2 Å². The van der Waals surface area contributed by atoms with E-state index in [9.17, 15) is 9.59 Å². The van der Waals surface area contributed by atoms with Crippen LogP contribution >= 0.6 is 23.1 Å². The minimum atomic E-state index is -0.0903. The van der Waals surface area contributed by atoms with Crippen LogP contribution in [-0.2, 0) is 11.3 Å². The van der Waals surface area contributed by atoms with Crippen LogP contribution in [0.15, 0.2) is 34.2 Å². The largest absolute Gasteiger partial charge is 0.351 e. The van der Waals surface area contributed by atoms with Gasteiger partial charge >= 0.3 is 0 Å². The van der Waals surface area contributed by atoms with Crippen LogP contribution in [0.2, 0.25) is 0 Å². The van der Waals surface area contributed by atoms with Crippen LogP contribution in [-0.4, -0.2) is 39.3 Å². The van der Waals surface area contributed by atoms with Crippen molar-refractivity contribution < 1.29 is 4.79 Å². The van der Waals surface area contributed by atoms with Gasteiger partial charge in [-0.3, -0.25) is 14.2 Å². The topological polar surface area (TPSA) is 80.1 Å². The molecule has 0 bridgehead atoms. The van der Waals surface area contributed by atoms with Gasteiger partial charge in [-0.15, -0.1) is 0 Å². The number of piperidine rings is 1. The Kier molecular flexibility index (Phi) is 7.15. The molecule has 32 heavy (non-hydrogen) atoms. The summed E-state index contributed by atoms with van der Waals surface area (Å²) < 4.78 is 2.27. The fourth-order valence-corrected chi connectivity index (χ4v) is 5.66. The molecule has 4 rings (SSSR count). The SMILES string of the molecule is Cc1ccc(CNC(=O)CSc2nc3nc(N4CCCCC4)sc3c(=O)n2C(C)C)cc1. The number of aryl methyl sites for hydroxylation is 1. The number of hydrogen-bond acceptors (Lipinski definition) is 7. The third kappa shape index (κ3) is 5.15. The molecule has 0 aliphatic carbocycles. The smallest absolute Gasteiger partial charge is 0.274 e. The Hall–Kier alpha value is -2.39. The van der Waals surface area contributed by atoms with Gasteiger partial charge in [0.05, 0.1) is 5.75 Å². The van der Waals surface area contributed by atoms with Crippen LogP contribution in [0.25, 0.3) is 10.3 Å². The van der Waals surface area contributed by atoms with Gasteiger partial charge in [-0.1, -0.05) is 52.9 Å². The van der Waals surface area contributed by atoms with E-state index in [-0.39, 0.29) is 23.3 Å². The van der Waals surface area contributed by atoms with E-state index in [1.54, 1.807) is 4.57 Å². The molecule has 1 aliphatic rings. The van der Waals surface area contributed by atoms with Crippen molar-refractivity contribution in [2.75, 3.05) is 23.7 Å². The first kappa shape index (κ1) is 22.8. The molecule has 0 saturated carbocycles. The standard InChI is InChI=1S/C23H29N5O2S2/c1-15(2)28-21(30)19-20(25-22(32-19)27-11-5-4-6-12-27)26-23(28)31-14-18(29)24-13-17-9-7-16(3)8-10-17/h7-10,15H,4-6,11-14H2,1-3H3,(H,24,29). The highest BCUT2D eigenvalue weighted by atomic mass is 32.2. The van der Waals surface area contributed by atoms with Gasteiger partial charge in [0.2, 0.25) is 5.91 Å². The fraction of sp³-hybridized carbons (Fsp3) is 0.478. The number of rotatable bonds is 7. The molecule has 1 N–H and O–H groups in total. The summed E-state index contributed by atoms with van der Waals surface area (Å²) in [5, 5.41) is 4.35. The summed E-state index contributed by atoms with van der Waals surface area (Å²) in [7, 11) is 0. The minimum Gasteiger partial charge on any atom is -0.351 e. The monoisotopic (exact) mass is 471 g/mol. The van der Waals surface area contributed by atoms with E-state index in [4.69, 9.17) is 4.98 Å². The zero-order valence-corrected chi connectivity index (χ0v) is 20.4. The lowest BCUT2D eigenvalue weighted by Crippen LogP contribution is -2.29. The number of aromatic nitrogens is 3. The Morgan fingerprint density at radius 2 is 1.88 bits per heavy atom. The van der Waals surface area contributed by atoms with Gasteiger partial charge in [0.15, 0.2) is 15.9 Å². The minimum absolute atomic E-state index is 0.0574. The van der Waals surface area contributed by atoms with Crippen molar-refractivity contribution in [3.8, 4) is 0 Å². The normalized spacial score (nSPS) is 14.3. The average molecular weight is 472 g/mol. The van der Waals surface area contributed by atoms with Gasteiger partial charge in [0.25, 0.3) is 5.56 Å². The molecule has 1 amide bonds. The number of thiazole rings is 1. The molecule has 9 heteroatoms. The van der Waals surface area contributed by atoms with Crippen LogP contribution in [0.3, 0.4) is 0 Å². The van der Waals surface area contributed by atoms with Crippen LogP contribution in [0.4, 0.5) is 5.13 Å². The number of anilines is 1. The van der Waals surface area contributed by atoms with Gasteiger partial charge in [-0.25, -0.2) is 4.98 Å². The molecule has 1 fully saturated rings. The molecule has 170 valence electrons. The van der Waals surface area contributed by atoms with Gasteiger partial charge in [0.1, 0.15) is 4.70 Å². The molecule has 1 saturated heterocycles. The van der Waals surface area contributed by atoms with E-state index in [0.29, 0.717) is 22.0 Å². The van der Waals surface area contributed by atoms with Gasteiger partial charge in [-0.2, -0.15) is 4.98 Å². The quantitative estimate of drug-likeness (QED) is 0.412. The maximum Gasteiger partial charge on any atom is 0.274 e. The summed E-state index contributed by atoms with van der Waals surface area (Å²) in [6.07, 6.45) is 3.54. The first-order valence-electron chi connectivity index (χ1n) is 11.1. The molecule has 1 aromatic carbocycles. The van der Waals surface area contributed by atoms with Crippen molar-refractivity contribution >= 4 is 44.5 Å². The van der Waals surface area contributed by atoms with Gasteiger partial charge < -0.3 is 10.2 Å². The molecule has 2 aromatic heterocycles. The third-order valence-electron chi connectivity index (χ3n) is 5.50. The molecule has 1 aliphatic heterocycles. The lowest BCUT2D eigenvalue weighted by molar-refractivity contribution is -0.118. The van der Waals surface area contributed by atoms with Crippen molar-refractivity contribution in [3.63, 3.8) is 0 Å². The summed E-state index contributed by atoms with van der Waals surface area (Å²) in [6, 6.07) is 8.03. The fourth-order valence-electron chi connectivity index (χ4n) is 3.72. The van der Waals surface area contributed by atoms with Crippen molar-refractivity contribution in [2.45, 2.75) is 57.8 Å². The summed E-state index contributed by atoms with van der Waals surface area (Å²) in [4.78, 5) is 37.3. The van der Waals surface area contributed by atoms with Crippen LogP contribution in [0.1, 0.15) is 50.3 Å². The number of amides is 1. The Morgan fingerprint density at radius 1 is 1.16 bits per heavy atom. The summed E-state index contributed by atoms with van der Waals surface area (Å²) in [6.45, 7) is 8.39. The van der Waals surface area contributed by atoms with E-state index in [0.717, 1.165) is 36.6 Å². The summed E-state index contributed by atoms with van der Waals surface area (Å²) in [5.74, 6) is 0.104. The third-order valence-corrected chi connectivity index (χ3v) is 7.55. The number of carbonyl (C=O) groups is 1. The van der Waals surface area contributed by atoms with Crippen LogP contribution < -0.4 is 15.8 Å². The Bertz CT molecular complexity index is 1150. The molecule has 3 heterocycles. The second-order valence-electron chi connectivity index (χ2n) is 8.41. The highest BCUT2D eigenvalue weighted by Crippen LogP contribution is 2.30. The molecule has 0 radical (unpaired) electrons. The summed E-state index contributed by atoms with van der Waals surface area (Å²) in [5.41, 5.74) is 2.66. The van der Waals surface area contributed by atoms with Crippen molar-refractivity contribution in [3.05, 3.63) is 45.7 Å².